The number of hydrazine groups is 1. The number of nitrogens with zero attached hydrogens (tertiary/aromatic N) is 2. The van der Waals surface area contributed by atoms with Crippen LogP contribution in [0.5, 0.6) is 0 Å². The van der Waals surface area contributed by atoms with Gasteiger partial charge in [0.1, 0.15) is 0 Å². The summed E-state index contributed by atoms with van der Waals surface area (Å²) in [7, 11) is 0. The minimum Gasteiger partial charge on any atom is -0.359 e. The topological polar surface area (TPSA) is 53.3 Å². The van der Waals surface area contributed by atoms with Crippen LogP contribution in [0, 0.1) is 12.8 Å². The third kappa shape index (κ3) is 3.28. The summed E-state index contributed by atoms with van der Waals surface area (Å²) in [4.78, 5) is 2.56. The maximum Gasteiger partial charge on any atom is 0.154 e. The van der Waals surface area contributed by atoms with E-state index in [1.165, 1.54) is 12.0 Å². The van der Waals surface area contributed by atoms with E-state index in [1.54, 1.807) is 0 Å². The van der Waals surface area contributed by atoms with Crippen molar-refractivity contribution in [3.8, 4) is 0 Å². The molecule has 24 heavy (non-hydrogen) atoms. The Morgan fingerprint density at radius 3 is 3.08 bits per heavy atom. The minimum atomic E-state index is 0.334. The van der Waals surface area contributed by atoms with Crippen molar-refractivity contribution in [3.05, 3.63) is 51.8 Å². The van der Waals surface area contributed by atoms with E-state index >= 15 is 0 Å². The molecule has 2 saturated heterocycles. The standard InChI is InChI=1S/C18H23BrN4O/c1-12-8-17(24-22-12)16-6-3-7-23(16)11-14-10-20-21-18(14)13-4-2-5-15(19)9-13/h2,4-5,8-9,14,16,18,20-21H,3,6-7,10-11H2,1H3. The Labute approximate surface area is 150 Å². The average Bonchev–Trinajstić information content (AvgIpc) is 3.28. The largest absolute Gasteiger partial charge is 0.359 e. The van der Waals surface area contributed by atoms with Crippen LogP contribution in [0.4, 0.5) is 0 Å². The second kappa shape index (κ2) is 6.96. The van der Waals surface area contributed by atoms with Gasteiger partial charge in [0.05, 0.1) is 17.8 Å². The molecule has 0 spiro atoms. The average molecular weight is 391 g/mol. The van der Waals surface area contributed by atoms with Crippen molar-refractivity contribution in [2.45, 2.75) is 31.8 Å². The normalized spacial score (nSPS) is 27.8. The molecule has 2 aromatic rings. The number of halogens is 1. The zero-order valence-corrected chi connectivity index (χ0v) is 15.4. The number of aromatic nitrogens is 1. The van der Waals surface area contributed by atoms with E-state index in [0.717, 1.165) is 42.0 Å². The van der Waals surface area contributed by atoms with E-state index in [0.29, 0.717) is 18.0 Å². The fourth-order valence-electron chi connectivity index (χ4n) is 3.97. The van der Waals surface area contributed by atoms with Crippen molar-refractivity contribution >= 4 is 15.9 Å². The van der Waals surface area contributed by atoms with Gasteiger partial charge in [-0.1, -0.05) is 33.2 Å². The molecular formula is C18H23BrN4O. The van der Waals surface area contributed by atoms with E-state index < -0.39 is 0 Å². The van der Waals surface area contributed by atoms with Gasteiger partial charge in [-0.3, -0.25) is 10.3 Å². The molecule has 3 heterocycles. The van der Waals surface area contributed by atoms with Crippen LogP contribution < -0.4 is 10.9 Å². The van der Waals surface area contributed by atoms with Crippen LogP contribution in [0.2, 0.25) is 0 Å². The molecule has 1 aromatic heterocycles. The van der Waals surface area contributed by atoms with Crippen LogP contribution >= 0.6 is 15.9 Å². The lowest BCUT2D eigenvalue weighted by Gasteiger charge is -2.28. The number of hydrogen-bond donors (Lipinski definition) is 2. The SMILES string of the molecule is Cc1cc(C2CCCN2CC2CNNC2c2cccc(Br)c2)on1. The molecule has 2 aliphatic rings. The molecule has 3 unspecified atom stereocenters. The molecule has 2 N–H and O–H groups in total. The van der Waals surface area contributed by atoms with Crippen molar-refractivity contribution in [1.82, 2.24) is 20.9 Å². The van der Waals surface area contributed by atoms with E-state index in [1.807, 2.05) is 6.92 Å². The van der Waals surface area contributed by atoms with Crippen molar-refractivity contribution in [2.75, 3.05) is 19.6 Å². The van der Waals surface area contributed by atoms with Crippen LogP contribution in [-0.4, -0.2) is 29.7 Å². The molecule has 0 radical (unpaired) electrons. The summed E-state index contributed by atoms with van der Waals surface area (Å²) in [6, 6.07) is 11.4. The highest BCUT2D eigenvalue weighted by Gasteiger charge is 2.35. The number of hydrogen-bond acceptors (Lipinski definition) is 5. The monoisotopic (exact) mass is 390 g/mol. The Bertz CT molecular complexity index is 704. The third-order valence-electron chi connectivity index (χ3n) is 5.11. The maximum atomic E-state index is 5.54. The van der Waals surface area contributed by atoms with Crippen LogP contribution in [0.15, 0.2) is 39.3 Å². The van der Waals surface area contributed by atoms with Crippen LogP contribution in [0.25, 0.3) is 0 Å². The highest BCUT2D eigenvalue weighted by molar-refractivity contribution is 9.10. The van der Waals surface area contributed by atoms with Crippen molar-refractivity contribution in [3.63, 3.8) is 0 Å². The minimum absolute atomic E-state index is 0.334. The molecule has 4 rings (SSSR count). The van der Waals surface area contributed by atoms with Crippen molar-refractivity contribution < 1.29 is 4.52 Å². The Morgan fingerprint density at radius 1 is 1.38 bits per heavy atom. The molecule has 1 aromatic carbocycles. The van der Waals surface area contributed by atoms with Gasteiger partial charge in [0, 0.05) is 29.5 Å². The van der Waals surface area contributed by atoms with Gasteiger partial charge in [0.25, 0.3) is 0 Å². The first-order valence-electron chi connectivity index (χ1n) is 8.62. The van der Waals surface area contributed by atoms with Crippen molar-refractivity contribution in [1.29, 1.82) is 0 Å². The lowest BCUT2D eigenvalue weighted by Crippen LogP contribution is -2.32. The highest BCUT2D eigenvalue weighted by Crippen LogP contribution is 2.35. The molecule has 3 atom stereocenters. The lowest BCUT2D eigenvalue weighted by atomic mass is 9.94. The first kappa shape index (κ1) is 16.3. The van der Waals surface area contributed by atoms with Gasteiger partial charge in [0.2, 0.25) is 0 Å². The second-order valence-electron chi connectivity index (χ2n) is 6.84. The molecule has 2 fully saturated rings. The molecule has 0 amide bonds. The Morgan fingerprint density at radius 2 is 2.29 bits per heavy atom. The van der Waals surface area contributed by atoms with Gasteiger partial charge < -0.3 is 4.52 Å². The number of rotatable bonds is 4. The van der Waals surface area contributed by atoms with Gasteiger partial charge in [0.15, 0.2) is 5.76 Å². The van der Waals surface area contributed by atoms with Gasteiger partial charge >= 0.3 is 0 Å². The molecule has 0 bridgehead atoms. The predicted octanol–water partition coefficient (Wildman–Crippen LogP) is 3.35. The number of aryl methyl sites for hydroxylation is 1. The van der Waals surface area contributed by atoms with E-state index in [-0.39, 0.29) is 0 Å². The summed E-state index contributed by atoms with van der Waals surface area (Å²) >= 11 is 3.58. The summed E-state index contributed by atoms with van der Waals surface area (Å²) in [5, 5.41) is 4.07. The zero-order valence-electron chi connectivity index (χ0n) is 13.8. The third-order valence-corrected chi connectivity index (χ3v) is 5.60. The fraction of sp³-hybridized carbons (Fsp3) is 0.500. The van der Waals surface area contributed by atoms with E-state index in [9.17, 15) is 0 Å². The Hall–Kier alpha value is -1.21. The van der Waals surface area contributed by atoms with Crippen LogP contribution in [0.1, 0.15) is 41.9 Å². The Balaban J connectivity index is 1.49. The number of nitrogens with one attached hydrogen (secondary N) is 2. The molecule has 0 saturated carbocycles. The highest BCUT2D eigenvalue weighted by atomic mass is 79.9. The fourth-order valence-corrected chi connectivity index (χ4v) is 4.39. The summed E-state index contributed by atoms with van der Waals surface area (Å²) < 4.78 is 6.67. The zero-order chi connectivity index (χ0) is 16.5. The van der Waals surface area contributed by atoms with E-state index in [2.05, 4.69) is 67.2 Å². The van der Waals surface area contributed by atoms with Gasteiger partial charge in [-0.25, -0.2) is 5.43 Å². The molecule has 5 nitrogen and oxygen atoms in total. The molecular weight excluding hydrogens is 368 g/mol. The first-order chi connectivity index (χ1) is 11.7. The molecule has 6 heteroatoms. The molecule has 128 valence electrons. The first-order valence-corrected chi connectivity index (χ1v) is 9.41. The lowest BCUT2D eigenvalue weighted by molar-refractivity contribution is 0.182. The Kier molecular flexibility index (Phi) is 4.72. The second-order valence-corrected chi connectivity index (χ2v) is 7.76. The summed E-state index contributed by atoms with van der Waals surface area (Å²) in [5.41, 5.74) is 9.09. The van der Waals surface area contributed by atoms with Gasteiger partial charge in [-0.15, -0.1) is 0 Å². The van der Waals surface area contributed by atoms with Gasteiger partial charge in [-0.2, -0.15) is 0 Å². The quantitative estimate of drug-likeness (QED) is 0.837. The van der Waals surface area contributed by atoms with Crippen LogP contribution in [0.3, 0.4) is 0 Å². The number of likely N-dealkylation sites (tertiary alicyclic amines) is 1. The molecule has 0 aliphatic carbocycles. The van der Waals surface area contributed by atoms with Crippen molar-refractivity contribution in [2.24, 2.45) is 5.92 Å². The number of benzene rings is 1. The summed E-state index contributed by atoms with van der Waals surface area (Å²) in [5.74, 6) is 1.55. The maximum absolute atomic E-state index is 5.54. The predicted molar refractivity (Wildman–Crippen MR) is 96.3 cm³/mol. The summed E-state index contributed by atoms with van der Waals surface area (Å²) in [6.45, 7) is 5.16. The smallest absolute Gasteiger partial charge is 0.154 e. The van der Waals surface area contributed by atoms with Gasteiger partial charge in [-0.05, 0) is 44.0 Å². The molecule has 2 aliphatic heterocycles. The van der Waals surface area contributed by atoms with E-state index in [4.69, 9.17) is 4.52 Å². The summed E-state index contributed by atoms with van der Waals surface area (Å²) in [6.07, 6.45) is 2.38. The van der Waals surface area contributed by atoms with Crippen LogP contribution in [-0.2, 0) is 0 Å².